The summed E-state index contributed by atoms with van der Waals surface area (Å²) in [5.74, 6) is 0. The molecule has 0 spiro atoms. The van der Waals surface area contributed by atoms with Gasteiger partial charge >= 0.3 is 0 Å². The van der Waals surface area contributed by atoms with Gasteiger partial charge in [-0.2, -0.15) is 0 Å². The number of hydrogen-bond donors (Lipinski definition) is 2. The molecule has 0 aliphatic rings. The molecule has 1 rings (SSSR count). The molecule has 0 fully saturated rings. The summed E-state index contributed by atoms with van der Waals surface area (Å²) in [6.07, 6.45) is 1.62. The number of para-hydroxylation sites is 1. The largest absolute Gasteiger partial charge is 0.404 e. The van der Waals surface area contributed by atoms with Crippen molar-refractivity contribution < 1.29 is 0 Å². The second kappa shape index (κ2) is 7.01. The van der Waals surface area contributed by atoms with Gasteiger partial charge in [0, 0.05) is 18.3 Å². The summed E-state index contributed by atoms with van der Waals surface area (Å²) < 4.78 is 0. The van der Waals surface area contributed by atoms with Gasteiger partial charge in [0.1, 0.15) is 0 Å². The van der Waals surface area contributed by atoms with E-state index in [9.17, 15) is 0 Å². The molecule has 0 radical (unpaired) electrons. The zero-order valence-electron chi connectivity index (χ0n) is 9.46. The van der Waals surface area contributed by atoms with Crippen molar-refractivity contribution in [2.45, 2.75) is 20.8 Å². The quantitative estimate of drug-likeness (QED) is 0.755. The van der Waals surface area contributed by atoms with Crippen LogP contribution in [0.5, 0.6) is 0 Å². The van der Waals surface area contributed by atoms with E-state index in [1.54, 1.807) is 6.20 Å². The normalized spacial score (nSPS) is 10.1. The summed E-state index contributed by atoms with van der Waals surface area (Å²) >= 11 is 0. The maximum Gasteiger partial charge on any atom is 0.0414 e. The van der Waals surface area contributed by atoms with E-state index in [0.717, 1.165) is 16.8 Å². The van der Waals surface area contributed by atoms with Crippen molar-refractivity contribution in [3.8, 4) is 0 Å². The van der Waals surface area contributed by atoms with Gasteiger partial charge in [0.2, 0.25) is 0 Å². The fourth-order valence-corrected chi connectivity index (χ4v) is 1.13. The Morgan fingerprint density at radius 3 is 2.36 bits per heavy atom. The lowest BCUT2D eigenvalue weighted by atomic mass is 10.1. The maximum absolute atomic E-state index is 5.44. The number of rotatable bonds is 2. The Hall–Kier alpha value is -1.44. The molecule has 0 aliphatic heterocycles. The smallest absolute Gasteiger partial charge is 0.0414 e. The van der Waals surface area contributed by atoms with Crippen molar-refractivity contribution in [3.63, 3.8) is 0 Å². The second-order valence-electron chi connectivity index (χ2n) is 2.65. The molecular weight excluding hydrogens is 172 g/mol. The molecule has 2 nitrogen and oxygen atoms in total. The van der Waals surface area contributed by atoms with Gasteiger partial charge in [-0.05, 0) is 24.8 Å². The van der Waals surface area contributed by atoms with Crippen LogP contribution in [0.25, 0.3) is 5.57 Å². The van der Waals surface area contributed by atoms with Crippen LogP contribution >= 0.6 is 0 Å². The Bertz CT molecular complexity index is 290. The van der Waals surface area contributed by atoms with Gasteiger partial charge in [0.25, 0.3) is 0 Å². The Morgan fingerprint density at radius 1 is 1.29 bits per heavy atom. The van der Waals surface area contributed by atoms with Crippen LogP contribution in [0.1, 0.15) is 26.3 Å². The van der Waals surface area contributed by atoms with Crippen LogP contribution in [0.2, 0.25) is 0 Å². The Morgan fingerprint density at radius 2 is 1.86 bits per heavy atom. The highest BCUT2D eigenvalue weighted by molar-refractivity contribution is 5.74. The molecule has 1 aromatic carbocycles. The highest BCUT2D eigenvalue weighted by atomic mass is 14.8. The van der Waals surface area contributed by atoms with E-state index in [4.69, 9.17) is 5.73 Å². The Balaban J connectivity index is 0.000000791. The average Bonchev–Trinajstić information content (AvgIpc) is 2.30. The van der Waals surface area contributed by atoms with Crippen molar-refractivity contribution >= 4 is 11.3 Å². The standard InChI is InChI=1S/C10H14N2.C2H6/c1-8(7-11)9-5-3-4-6-10(9)12-2;1-2/h3-7,12H,11H2,1-2H3;1-2H3/b8-7-;. The minimum atomic E-state index is 1.08. The van der Waals surface area contributed by atoms with Gasteiger partial charge in [0.15, 0.2) is 0 Å². The number of nitrogens with one attached hydrogen (secondary N) is 1. The molecule has 0 heterocycles. The molecule has 14 heavy (non-hydrogen) atoms. The second-order valence-corrected chi connectivity index (χ2v) is 2.65. The van der Waals surface area contributed by atoms with Gasteiger partial charge < -0.3 is 11.1 Å². The lowest BCUT2D eigenvalue weighted by molar-refractivity contribution is 1.45. The summed E-state index contributed by atoms with van der Waals surface area (Å²) in [6.45, 7) is 6.00. The third-order valence-electron chi connectivity index (χ3n) is 1.87. The van der Waals surface area contributed by atoms with Crippen LogP contribution in [0, 0.1) is 0 Å². The minimum Gasteiger partial charge on any atom is -0.404 e. The van der Waals surface area contributed by atoms with Crippen LogP contribution in [0.4, 0.5) is 5.69 Å². The van der Waals surface area contributed by atoms with Crippen molar-refractivity contribution in [2.75, 3.05) is 12.4 Å². The molecule has 0 unspecified atom stereocenters. The highest BCUT2D eigenvalue weighted by Crippen LogP contribution is 2.21. The zero-order valence-corrected chi connectivity index (χ0v) is 9.46. The summed E-state index contributed by atoms with van der Waals surface area (Å²) in [6, 6.07) is 8.08. The van der Waals surface area contributed by atoms with Crippen molar-refractivity contribution in [2.24, 2.45) is 5.73 Å². The molecule has 0 saturated carbocycles. The van der Waals surface area contributed by atoms with Crippen molar-refractivity contribution in [1.82, 2.24) is 0 Å². The van der Waals surface area contributed by atoms with E-state index in [1.165, 1.54) is 0 Å². The summed E-state index contributed by atoms with van der Waals surface area (Å²) in [5, 5.41) is 3.11. The van der Waals surface area contributed by atoms with E-state index >= 15 is 0 Å². The predicted octanol–water partition coefficient (Wildman–Crippen LogP) is 3.07. The summed E-state index contributed by atoms with van der Waals surface area (Å²) in [4.78, 5) is 0. The Kier molecular flexibility index (Phi) is 6.29. The van der Waals surface area contributed by atoms with E-state index in [2.05, 4.69) is 5.32 Å². The number of benzene rings is 1. The average molecular weight is 192 g/mol. The third-order valence-corrected chi connectivity index (χ3v) is 1.87. The summed E-state index contributed by atoms with van der Waals surface area (Å²) in [7, 11) is 1.91. The molecule has 1 aromatic rings. The zero-order chi connectivity index (χ0) is 11.0. The fourth-order valence-electron chi connectivity index (χ4n) is 1.13. The number of nitrogens with two attached hydrogens (primary N) is 1. The van der Waals surface area contributed by atoms with Crippen LogP contribution in [-0.2, 0) is 0 Å². The van der Waals surface area contributed by atoms with E-state index in [0.29, 0.717) is 0 Å². The van der Waals surface area contributed by atoms with Crippen LogP contribution in [0.3, 0.4) is 0 Å². The molecule has 0 saturated heterocycles. The summed E-state index contributed by atoms with van der Waals surface area (Å²) in [5.41, 5.74) is 8.78. The molecule has 2 heteroatoms. The van der Waals surface area contributed by atoms with Crippen LogP contribution in [0.15, 0.2) is 30.5 Å². The molecule has 3 N–H and O–H groups in total. The first kappa shape index (κ1) is 12.6. The first-order valence-electron chi connectivity index (χ1n) is 4.95. The van der Waals surface area contributed by atoms with Gasteiger partial charge in [-0.15, -0.1) is 0 Å². The number of anilines is 1. The predicted molar refractivity (Wildman–Crippen MR) is 65.2 cm³/mol. The lowest BCUT2D eigenvalue weighted by Gasteiger charge is -2.07. The molecule has 0 aromatic heterocycles. The number of allylic oxidation sites excluding steroid dienone is 1. The van der Waals surface area contributed by atoms with E-state index in [1.807, 2.05) is 52.1 Å². The molecule has 78 valence electrons. The van der Waals surface area contributed by atoms with Gasteiger partial charge in [0.05, 0.1) is 0 Å². The van der Waals surface area contributed by atoms with Crippen molar-refractivity contribution in [3.05, 3.63) is 36.0 Å². The molecule has 0 atom stereocenters. The van der Waals surface area contributed by atoms with Gasteiger partial charge in [-0.25, -0.2) is 0 Å². The molecule has 0 bridgehead atoms. The fraction of sp³-hybridized carbons (Fsp3) is 0.333. The Labute approximate surface area is 86.8 Å². The SMILES string of the molecule is CC.CNc1ccccc1/C(C)=C\N. The molecular formula is C12H20N2. The first-order chi connectivity index (χ1) is 6.79. The van der Waals surface area contributed by atoms with Gasteiger partial charge in [-0.1, -0.05) is 32.0 Å². The highest BCUT2D eigenvalue weighted by Gasteiger charge is 1.99. The lowest BCUT2D eigenvalue weighted by Crippen LogP contribution is -1.94. The van der Waals surface area contributed by atoms with Gasteiger partial charge in [-0.3, -0.25) is 0 Å². The third kappa shape index (κ3) is 3.13. The van der Waals surface area contributed by atoms with Crippen LogP contribution in [-0.4, -0.2) is 7.05 Å². The van der Waals surface area contributed by atoms with E-state index in [-0.39, 0.29) is 0 Å². The monoisotopic (exact) mass is 192 g/mol. The molecule has 0 aliphatic carbocycles. The molecule has 0 amide bonds. The van der Waals surface area contributed by atoms with Crippen LogP contribution < -0.4 is 11.1 Å². The number of hydrogen-bond acceptors (Lipinski definition) is 2. The minimum absolute atomic E-state index is 1.08. The van der Waals surface area contributed by atoms with Crippen molar-refractivity contribution in [1.29, 1.82) is 0 Å². The topological polar surface area (TPSA) is 38.0 Å². The maximum atomic E-state index is 5.44. The van der Waals surface area contributed by atoms with E-state index < -0.39 is 0 Å². The first-order valence-corrected chi connectivity index (χ1v) is 4.95.